The van der Waals surface area contributed by atoms with Crippen LogP contribution in [0.4, 0.5) is 0 Å². The maximum atomic E-state index is 5.96. The van der Waals surface area contributed by atoms with Gasteiger partial charge in [0.2, 0.25) is 0 Å². The van der Waals surface area contributed by atoms with Gasteiger partial charge in [-0.05, 0) is 55.7 Å². The summed E-state index contributed by atoms with van der Waals surface area (Å²) in [7, 11) is 2.08. The second kappa shape index (κ2) is 4.93. The van der Waals surface area contributed by atoms with Crippen molar-refractivity contribution < 1.29 is 4.74 Å². The van der Waals surface area contributed by atoms with Crippen molar-refractivity contribution in [3.05, 3.63) is 29.3 Å². The maximum absolute atomic E-state index is 5.96. The molecule has 1 N–H and O–H groups in total. The average Bonchev–Trinajstić information content (AvgIpc) is 2.79. The van der Waals surface area contributed by atoms with E-state index >= 15 is 0 Å². The minimum absolute atomic E-state index is 0.662. The summed E-state index contributed by atoms with van der Waals surface area (Å²) in [6.45, 7) is 3.27. The number of nitrogens with one attached hydrogen (secondary N) is 1. The van der Waals surface area contributed by atoms with E-state index in [0.717, 1.165) is 13.0 Å². The maximum Gasteiger partial charge on any atom is 0.125 e. The van der Waals surface area contributed by atoms with Crippen LogP contribution in [0.2, 0.25) is 0 Å². The predicted molar refractivity (Wildman–Crippen MR) is 74.2 cm³/mol. The molecule has 2 nitrogen and oxygen atoms in total. The van der Waals surface area contributed by atoms with E-state index in [0.29, 0.717) is 17.9 Å². The number of ether oxygens (including phenoxy) is 1. The number of rotatable bonds is 2. The van der Waals surface area contributed by atoms with Crippen LogP contribution in [-0.4, -0.2) is 19.7 Å². The number of para-hydroxylation sites is 1. The Balaban J connectivity index is 1.93. The van der Waals surface area contributed by atoms with E-state index < -0.39 is 0 Å². The van der Waals surface area contributed by atoms with Crippen molar-refractivity contribution >= 4 is 0 Å². The van der Waals surface area contributed by atoms with E-state index in [1.54, 1.807) is 0 Å². The molecule has 1 aliphatic carbocycles. The molecule has 3 atom stereocenters. The second-order valence-corrected chi connectivity index (χ2v) is 5.73. The van der Waals surface area contributed by atoms with Crippen LogP contribution in [0.1, 0.15) is 43.2 Å². The molecule has 0 bridgehead atoms. The lowest BCUT2D eigenvalue weighted by molar-refractivity contribution is 0.280. The number of aryl methyl sites for hydroxylation is 1. The Kier molecular flexibility index (Phi) is 3.29. The first kappa shape index (κ1) is 12.0. The largest absolute Gasteiger partial charge is 0.493 e. The van der Waals surface area contributed by atoms with Gasteiger partial charge in [-0.3, -0.25) is 0 Å². The van der Waals surface area contributed by atoms with Gasteiger partial charge in [0, 0.05) is 6.04 Å². The molecule has 2 aliphatic rings. The molecule has 3 rings (SSSR count). The van der Waals surface area contributed by atoms with Crippen LogP contribution in [0.3, 0.4) is 0 Å². The summed E-state index contributed by atoms with van der Waals surface area (Å²) < 4.78 is 5.96. The highest BCUT2D eigenvalue weighted by atomic mass is 16.5. The molecule has 18 heavy (non-hydrogen) atoms. The zero-order chi connectivity index (χ0) is 12.5. The van der Waals surface area contributed by atoms with Gasteiger partial charge < -0.3 is 10.1 Å². The Hall–Kier alpha value is -1.02. The Labute approximate surface area is 110 Å². The number of hydrogen-bond donors (Lipinski definition) is 1. The zero-order valence-electron chi connectivity index (χ0n) is 11.4. The molecular formula is C16H23NO. The van der Waals surface area contributed by atoms with Gasteiger partial charge in [0.1, 0.15) is 5.75 Å². The van der Waals surface area contributed by atoms with Crippen molar-refractivity contribution in [2.45, 2.75) is 44.6 Å². The van der Waals surface area contributed by atoms with E-state index in [9.17, 15) is 0 Å². The summed E-state index contributed by atoms with van der Waals surface area (Å²) in [5, 5.41) is 3.45. The third-order valence-electron chi connectivity index (χ3n) is 4.79. The molecule has 1 aromatic rings. The summed E-state index contributed by atoms with van der Waals surface area (Å²) in [6.07, 6.45) is 4.91. The van der Waals surface area contributed by atoms with Crippen molar-refractivity contribution in [1.82, 2.24) is 5.32 Å². The molecule has 1 saturated carbocycles. The number of benzene rings is 1. The summed E-state index contributed by atoms with van der Waals surface area (Å²) in [6, 6.07) is 7.38. The van der Waals surface area contributed by atoms with Crippen molar-refractivity contribution in [3.63, 3.8) is 0 Å². The van der Waals surface area contributed by atoms with Crippen LogP contribution in [0.25, 0.3) is 0 Å². The lowest BCUT2D eigenvalue weighted by atomic mass is 9.86. The van der Waals surface area contributed by atoms with E-state index in [2.05, 4.69) is 37.5 Å². The average molecular weight is 245 g/mol. The first-order chi connectivity index (χ1) is 8.81. The third-order valence-corrected chi connectivity index (χ3v) is 4.79. The standard InChI is InChI=1S/C16H23NO/c1-11-13(8-9-15(11)17-2)14-7-3-5-12-6-4-10-18-16(12)14/h3,5,7,11,13,15,17H,4,6,8-10H2,1-2H3. The molecule has 1 aromatic carbocycles. The van der Waals surface area contributed by atoms with Gasteiger partial charge in [-0.15, -0.1) is 0 Å². The third kappa shape index (κ3) is 1.93. The first-order valence-electron chi connectivity index (χ1n) is 7.23. The van der Waals surface area contributed by atoms with Gasteiger partial charge >= 0.3 is 0 Å². The normalized spacial score (nSPS) is 30.9. The molecule has 1 aliphatic heterocycles. The molecule has 1 heterocycles. The van der Waals surface area contributed by atoms with Crippen molar-refractivity contribution in [2.24, 2.45) is 5.92 Å². The zero-order valence-corrected chi connectivity index (χ0v) is 11.4. The fourth-order valence-corrected chi connectivity index (χ4v) is 3.72. The smallest absolute Gasteiger partial charge is 0.125 e. The fourth-order valence-electron chi connectivity index (χ4n) is 3.72. The molecule has 0 saturated heterocycles. The molecule has 1 fully saturated rings. The summed E-state index contributed by atoms with van der Waals surface area (Å²) in [5.41, 5.74) is 2.87. The van der Waals surface area contributed by atoms with Crippen molar-refractivity contribution in [1.29, 1.82) is 0 Å². The highest BCUT2D eigenvalue weighted by Gasteiger charge is 2.35. The van der Waals surface area contributed by atoms with E-state index in [-0.39, 0.29) is 0 Å². The minimum Gasteiger partial charge on any atom is -0.493 e. The van der Waals surface area contributed by atoms with Crippen LogP contribution < -0.4 is 10.1 Å². The lowest BCUT2D eigenvalue weighted by Gasteiger charge is -2.26. The molecule has 0 radical (unpaired) electrons. The van der Waals surface area contributed by atoms with Gasteiger partial charge in [0.15, 0.2) is 0 Å². The van der Waals surface area contributed by atoms with E-state index in [1.807, 2.05) is 0 Å². The van der Waals surface area contributed by atoms with Gasteiger partial charge in [-0.25, -0.2) is 0 Å². The second-order valence-electron chi connectivity index (χ2n) is 5.73. The van der Waals surface area contributed by atoms with Gasteiger partial charge in [-0.1, -0.05) is 25.1 Å². The topological polar surface area (TPSA) is 21.3 Å². The van der Waals surface area contributed by atoms with Gasteiger partial charge in [0.25, 0.3) is 0 Å². The van der Waals surface area contributed by atoms with Crippen LogP contribution in [0.15, 0.2) is 18.2 Å². The molecular weight excluding hydrogens is 222 g/mol. The van der Waals surface area contributed by atoms with Crippen molar-refractivity contribution in [2.75, 3.05) is 13.7 Å². The summed E-state index contributed by atoms with van der Waals surface area (Å²) in [4.78, 5) is 0. The molecule has 0 aromatic heterocycles. The Morgan fingerprint density at radius 2 is 2.17 bits per heavy atom. The fraction of sp³-hybridized carbons (Fsp3) is 0.625. The first-order valence-corrected chi connectivity index (χ1v) is 7.23. The van der Waals surface area contributed by atoms with E-state index in [4.69, 9.17) is 4.74 Å². The lowest BCUT2D eigenvalue weighted by Crippen LogP contribution is -2.29. The molecule has 98 valence electrons. The Bertz CT molecular complexity index is 429. The summed E-state index contributed by atoms with van der Waals surface area (Å²) in [5.74, 6) is 2.57. The summed E-state index contributed by atoms with van der Waals surface area (Å²) >= 11 is 0. The quantitative estimate of drug-likeness (QED) is 0.864. The number of hydrogen-bond acceptors (Lipinski definition) is 2. The SMILES string of the molecule is CNC1CCC(c2cccc3c2OCCC3)C1C. The predicted octanol–water partition coefficient (Wildman–Crippen LogP) is 3.11. The van der Waals surface area contributed by atoms with Crippen LogP contribution >= 0.6 is 0 Å². The highest BCUT2D eigenvalue weighted by molar-refractivity contribution is 5.45. The Morgan fingerprint density at radius 3 is 2.94 bits per heavy atom. The molecule has 2 heteroatoms. The minimum atomic E-state index is 0.662. The van der Waals surface area contributed by atoms with Crippen molar-refractivity contribution in [3.8, 4) is 5.75 Å². The van der Waals surface area contributed by atoms with Crippen LogP contribution in [0, 0.1) is 5.92 Å². The van der Waals surface area contributed by atoms with Crippen LogP contribution in [0.5, 0.6) is 5.75 Å². The molecule has 3 unspecified atom stereocenters. The highest BCUT2D eigenvalue weighted by Crippen LogP contribution is 2.44. The number of fused-ring (bicyclic) bond motifs is 1. The Morgan fingerprint density at radius 1 is 1.28 bits per heavy atom. The monoisotopic (exact) mass is 245 g/mol. The molecule has 0 spiro atoms. The van der Waals surface area contributed by atoms with Crippen LogP contribution in [-0.2, 0) is 6.42 Å². The molecule has 0 amide bonds. The van der Waals surface area contributed by atoms with Gasteiger partial charge in [-0.2, -0.15) is 0 Å². The van der Waals surface area contributed by atoms with E-state index in [1.165, 1.54) is 36.1 Å². The van der Waals surface area contributed by atoms with Gasteiger partial charge in [0.05, 0.1) is 6.61 Å².